The molecule has 2 aromatic rings. The molecule has 3 rings (SSSR count). The van der Waals surface area contributed by atoms with E-state index in [2.05, 4.69) is 15.5 Å². The summed E-state index contributed by atoms with van der Waals surface area (Å²) in [6.07, 6.45) is 1.99. The standard InChI is InChI=1S/C23H29N3O3/c1-26(2)21(17-10-12-20(29-3)13-11-17)15-25-23(28)18-6-4-16(5-7-18)14-24-22(27)19-8-9-19/h4-7,10-13,19,21H,8-9,14-15H2,1-3H3,(H,24,27)(H,25,28). The zero-order valence-corrected chi connectivity index (χ0v) is 17.3. The van der Waals surface area contributed by atoms with Crippen LogP contribution in [-0.2, 0) is 11.3 Å². The molecule has 154 valence electrons. The van der Waals surface area contributed by atoms with Gasteiger partial charge in [-0.2, -0.15) is 0 Å². The van der Waals surface area contributed by atoms with E-state index >= 15 is 0 Å². The van der Waals surface area contributed by atoms with E-state index in [1.54, 1.807) is 19.2 Å². The van der Waals surface area contributed by atoms with E-state index in [4.69, 9.17) is 4.74 Å². The van der Waals surface area contributed by atoms with Gasteiger partial charge in [-0.1, -0.05) is 24.3 Å². The van der Waals surface area contributed by atoms with E-state index in [9.17, 15) is 9.59 Å². The Morgan fingerprint density at radius 2 is 1.69 bits per heavy atom. The van der Waals surface area contributed by atoms with E-state index < -0.39 is 0 Å². The number of hydrogen-bond donors (Lipinski definition) is 2. The van der Waals surface area contributed by atoms with Gasteiger partial charge in [-0.3, -0.25) is 9.59 Å². The van der Waals surface area contributed by atoms with Gasteiger partial charge in [-0.05, 0) is 62.3 Å². The maximum atomic E-state index is 12.6. The lowest BCUT2D eigenvalue weighted by molar-refractivity contribution is -0.122. The lowest BCUT2D eigenvalue weighted by Crippen LogP contribution is -2.34. The second-order valence-corrected chi connectivity index (χ2v) is 7.65. The van der Waals surface area contributed by atoms with Crippen molar-refractivity contribution in [2.75, 3.05) is 27.7 Å². The number of carbonyl (C=O) groups excluding carboxylic acids is 2. The highest BCUT2D eigenvalue weighted by Gasteiger charge is 2.29. The van der Waals surface area contributed by atoms with Gasteiger partial charge in [0.05, 0.1) is 13.2 Å². The van der Waals surface area contributed by atoms with Crippen LogP contribution in [0.4, 0.5) is 0 Å². The first-order chi connectivity index (χ1) is 14.0. The second-order valence-electron chi connectivity index (χ2n) is 7.65. The molecule has 0 heterocycles. The number of carbonyl (C=O) groups is 2. The molecule has 0 spiro atoms. The third kappa shape index (κ3) is 5.81. The van der Waals surface area contributed by atoms with Gasteiger partial charge < -0.3 is 20.3 Å². The molecule has 1 fully saturated rings. The summed E-state index contributed by atoms with van der Waals surface area (Å²) in [5.41, 5.74) is 2.70. The highest BCUT2D eigenvalue weighted by atomic mass is 16.5. The Morgan fingerprint density at radius 3 is 2.24 bits per heavy atom. The Hall–Kier alpha value is -2.86. The molecular formula is C23H29N3O3. The number of hydrogen-bond acceptors (Lipinski definition) is 4. The third-order valence-corrected chi connectivity index (χ3v) is 5.21. The van der Waals surface area contributed by atoms with Gasteiger partial charge in [-0.25, -0.2) is 0 Å². The maximum Gasteiger partial charge on any atom is 0.251 e. The number of likely N-dealkylation sites (N-methyl/N-ethyl adjacent to an activating group) is 1. The van der Waals surface area contributed by atoms with Crippen molar-refractivity contribution in [1.29, 1.82) is 0 Å². The summed E-state index contributed by atoms with van der Waals surface area (Å²) < 4.78 is 5.21. The first-order valence-electron chi connectivity index (χ1n) is 9.93. The first-order valence-corrected chi connectivity index (χ1v) is 9.93. The monoisotopic (exact) mass is 395 g/mol. The van der Waals surface area contributed by atoms with Gasteiger partial charge in [0.1, 0.15) is 5.75 Å². The Labute approximate surface area is 172 Å². The summed E-state index contributed by atoms with van der Waals surface area (Å²) >= 11 is 0. The number of rotatable bonds is 9. The largest absolute Gasteiger partial charge is 0.497 e. The molecule has 0 saturated heterocycles. The number of ether oxygens (including phenoxy) is 1. The molecule has 6 heteroatoms. The van der Waals surface area contributed by atoms with Crippen LogP contribution in [0.3, 0.4) is 0 Å². The summed E-state index contributed by atoms with van der Waals surface area (Å²) in [5.74, 6) is 1.03. The zero-order chi connectivity index (χ0) is 20.8. The predicted molar refractivity (Wildman–Crippen MR) is 113 cm³/mol. The molecule has 2 aromatic carbocycles. The molecule has 2 N–H and O–H groups in total. The first kappa shape index (κ1) is 20.9. The average molecular weight is 396 g/mol. The van der Waals surface area contributed by atoms with Gasteiger partial charge in [0.15, 0.2) is 0 Å². The van der Waals surface area contributed by atoms with Crippen LogP contribution < -0.4 is 15.4 Å². The fraction of sp³-hybridized carbons (Fsp3) is 0.391. The van der Waals surface area contributed by atoms with Gasteiger partial charge >= 0.3 is 0 Å². The number of amides is 2. The SMILES string of the molecule is COc1ccc(C(CNC(=O)c2ccc(CNC(=O)C3CC3)cc2)N(C)C)cc1. The van der Waals surface area contributed by atoms with Crippen LogP contribution in [0.15, 0.2) is 48.5 Å². The van der Waals surface area contributed by atoms with Gasteiger partial charge in [0, 0.05) is 24.6 Å². The minimum atomic E-state index is -0.112. The third-order valence-electron chi connectivity index (χ3n) is 5.21. The Balaban J connectivity index is 1.54. The van der Waals surface area contributed by atoms with Crippen molar-refractivity contribution in [3.8, 4) is 5.75 Å². The summed E-state index contributed by atoms with van der Waals surface area (Å²) in [4.78, 5) is 26.4. The van der Waals surface area contributed by atoms with Crippen molar-refractivity contribution >= 4 is 11.8 Å². The molecule has 6 nitrogen and oxygen atoms in total. The molecule has 1 saturated carbocycles. The minimum Gasteiger partial charge on any atom is -0.497 e. The highest BCUT2D eigenvalue weighted by Crippen LogP contribution is 2.28. The van der Waals surface area contributed by atoms with Crippen molar-refractivity contribution in [2.24, 2.45) is 5.92 Å². The zero-order valence-electron chi connectivity index (χ0n) is 17.3. The van der Waals surface area contributed by atoms with Crippen LogP contribution in [0.5, 0.6) is 5.75 Å². The van der Waals surface area contributed by atoms with Crippen LogP contribution in [0.2, 0.25) is 0 Å². The van der Waals surface area contributed by atoms with Crippen LogP contribution in [0.1, 0.15) is 40.4 Å². The lowest BCUT2D eigenvalue weighted by Gasteiger charge is -2.25. The normalized spacial score (nSPS) is 14.3. The van der Waals surface area contributed by atoms with Crippen molar-refractivity contribution in [3.05, 3.63) is 65.2 Å². The van der Waals surface area contributed by atoms with Gasteiger partial charge in [0.25, 0.3) is 5.91 Å². The molecular weight excluding hydrogens is 366 g/mol. The Kier molecular flexibility index (Phi) is 6.88. The number of benzene rings is 2. The van der Waals surface area contributed by atoms with Crippen LogP contribution in [-0.4, -0.2) is 44.5 Å². The molecule has 0 bridgehead atoms. The fourth-order valence-electron chi connectivity index (χ4n) is 3.17. The van der Waals surface area contributed by atoms with E-state index in [0.717, 1.165) is 29.7 Å². The van der Waals surface area contributed by atoms with E-state index in [1.807, 2.05) is 50.5 Å². The molecule has 0 radical (unpaired) electrons. The lowest BCUT2D eigenvalue weighted by atomic mass is 10.1. The molecule has 1 atom stereocenters. The van der Waals surface area contributed by atoms with Crippen LogP contribution in [0.25, 0.3) is 0 Å². The summed E-state index contributed by atoms with van der Waals surface area (Å²) in [7, 11) is 5.63. The Morgan fingerprint density at radius 1 is 1.03 bits per heavy atom. The topological polar surface area (TPSA) is 70.7 Å². The van der Waals surface area contributed by atoms with Crippen molar-refractivity contribution < 1.29 is 14.3 Å². The van der Waals surface area contributed by atoms with Crippen molar-refractivity contribution in [2.45, 2.75) is 25.4 Å². The van der Waals surface area contributed by atoms with E-state index in [-0.39, 0.29) is 23.8 Å². The molecule has 1 aliphatic rings. The second kappa shape index (κ2) is 9.56. The molecule has 0 aliphatic heterocycles. The van der Waals surface area contributed by atoms with Gasteiger partial charge in [-0.15, -0.1) is 0 Å². The number of nitrogens with zero attached hydrogens (tertiary/aromatic N) is 1. The molecule has 0 aromatic heterocycles. The Bertz CT molecular complexity index is 827. The summed E-state index contributed by atoms with van der Waals surface area (Å²) in [6.45, 7) is 0.995. The van der Waals surface area contributed by atoms with E-state index in [1.165, 1.54) is 0 Å². The predicted octanol–water partition coefficient (Wildman–Crippen LogP) is 2.75. The summed E-state index contributed by atoms with van der Waals surface area (Å²) in [5, 5.41) is 5.95. The highest BCUT2D eigenvalue weighted by molar-refractivity contribution is 5.94. The van der Waals surface area contributed by atoms with Crippen molar-refractivity contribution in [1.82, 2.24) is 15.5 Å². The molecule has 2 amide bonds. The van der Waals surface area contributed by atoms with Crippen LogP contribution >= 0.6 is 0 Å². The minimum absolute atomic E-state index is 0.0572. The summed E-state index contributed by atoms with van der Waals surface area (Å²) in [6, 6.07) is 15.3. The number of nitrogens with one attached hydrogen (secondary N) is 2. The maximum absolute atomic E-state index is 12.6. The van der Waals surface area contributed by atoms with Crippen molar-refractivity contribution in [3.63, 3.8) is 0 Å². The average Bonchev–Trinajstić information content (AvgIpc) is 3.58. The fourth-order valence-corrected chi connectivity index (χ4v) is 3.17. The molecule has 1 aliphatic carbocycles. The smallest absolute Gasteiger partial charge is 0.251 e. The van der Waals surface area contributed by atoms with Crippen LogP contribution in [0, 0.1) is 5.92 Å². The molecule has 1 unspecified atom stereocenters. The molecule has 29 heavy (non-hydrogen) atoms. The van der Waals surface area contributed by atoms with Gasteiger partial charge in [0.2, 0.25) is 5.91 Å². The van der Waals surface area contributed by atoms with E-state index in [0.29, 0.717) is 18.7 Å². The number of methoxy groups -OCH3 is 1. The quantitative estimate of drug-likeness (QED) is 0.685.